The Labute approximate surface area is 182 Å². The molecule has 3 aromatic carbocycles. The molecule has 2 heteroatoms. The summed E-state index contributed by atoms with van der Waals surface area (Å²) in [6.07, 6.45) is 8.39. The van der Waals surface area contributed by atoms with E-state index in [-0.39, 0.29) is 0 Å². The maximum Gasteiger partial charge on any atom is 0.136 e. The van der Waals surface area contributed by atoms with Gasteiger partial charge in [0.15, 0.2) is 0 Å². The van der Waals surface area contributed by atoms with Gasteiger partial charge in [-0.2, -0.15) is 0 Å². The van der Waals surface area contributed by atoms with Crippen LogP contribution in [0.2, 0.25) is 0 Å². The smallest absolute Gasteiger partial charge is 0.136 e. The van der Waals surface area contributed by atoms with Crippen molar-refractivity contribution in [3.8, 4) is 0 Å². The maximum atomic E-state index is 6.23. The Morgan fingerprint density at radius 2 is 1.61 bits per heavy atom. The van der Waals surface area contributed by atoms with Crippen LogP contribution in [0.1, 0.15) is 51.0 Å². The van der Waals surface area contributed by atoms with E-state index in [1.807, 2.05) is 6.07 Å². The van der Waals surface area contributed by atoms with Crippen molar-refractivity contribution in [2.24, 2.45) is 18.9 Å². The van der Waals surface area contributed by atoms with Gasteiger partial charge in [0.25, 0.3) is 0 Å². The number of rotatable bonds is 2. The van der Waals surface area contributed by atoms with Gasteiger partial charge >= 0.3 is 0 Å². The predicted octanol–water partition coefficient (Wildman–Crippen LogP) is 8.09. The predicted molar refractivity (Wildman–Crippen MR) is 130 cm³/mol. The molecule has 2 heterocycles. The second kappa shape index (κ2) is 6.16. The van der Waals surface area contributed by atoms with Crippen LogP contribution in [0.3, 0.4) is 0 Å². The molecule has 2 bridgehead atoms. The summed E-state index contributed by atoms with van der Waals surface area (Å²) < 4.78 is 8.59. The average Bonchev–Trinajstić information content (AvgIpc) is 3.43. The standard InChI is InChI=1S/C29H29NO/c1-3-29(16-18-8-9-19(12-18)17-29)20-10-11-25-22(13-20)23-15-28-24(14-26(23)30(25)2)21-6-4-5-7-27(21)31-28/h4-7,10-11,13-15,18-19H,3,8-9,12,16-17H2,1-2H3. The largest absolute Gasteiger partial charge is 0.456 e. The molecule has 31 heavy (non-hydrogen) atoms. The molecule has 0 saturated heterocycles. The molecule has 5 aromatic rings. The number of furan rings is 1. The fourth-order valence-electron chi connectivity index (χ4n) is 7.22. The van der Waals surface area contributed by atoms with Gasteiger partial charge < -0.3 is 8.98 Å². The lowest BCUT2D eigenvalue weighted by Crippen LogP contribution is -2.33. The van der Waals surface area contributed by atoms with E-state index >= 15 is 0 Å². The highest BCUT2D eigenvalue weighted by Crippen LogP contribution is 2.53. The van der Waals surface area contributed by atoms with Crippen molar-refractivity contribution in [2.75, 3.05) is 0 Å². The first-order chi connectivity index (χ1) is 15.1. The van der Waals surface area contributed by atoms with Crippen molar-refractivity contribution >= 4 is 43.7 Å². The van der Waals surface area contributed by atoms with E-state index in [2.05, 4.69) is 67.1 Å². The third-order valence-corrected chi connectivity index (χ3v) is 8.80. The molecule has 2 aliphatic rings. The zero-order valence-corrected chi connectivity index (χ0v) is 18.4. The third kappa shape index (κ3) is 2.39. The minimum absolute atomic E-state index is 0.365. The molecule has 2 aromatic heterocycles. The number of aromatic nitrogens is 1. The summed E-state index contributed by atoms with van der Waals surface area (Å²) in [6.45, 7) is 2.41. The minimum Gasteiger partial charge on any atom is -0.456 e. The fraction of sp³-hybridized carbons (Fsp3) is 0.379. The van der Waals surface area contributed by atoms with Crippen LogP contribution in [0, 0.1) is 11.8 Å². The molecule has 2 unspecified atom stereocenters. The molecule has 0 amide bonds. The monoisotopic (exact) mass is 407 g/mol. The number of nitrogens with zero attached hydrogens (tertiary/aromatic N) is 1. The van der Waals surface area contributed by atoms with E-state index in [0.717, 1.165) is 23.0 Å². The van der Waals surface area contributed by atoms with Crippen molar-refractivity contribution < 1.29 is 4.42 Å². The molecule has 156 valence electrons. The zero-order valence-electron chi connectivity index (χ0n) is 18.4. The van der Waals surface area contributed by atoms with Crippen molar-refractivity contribution in [1.82, 2.24) is 4.57 Å². The Hall–Kier alpha value is -2.74. The van der Waals surface area contributed by atoms with Crippen LogP contribution in [0.4, 0.5) is 0 Å². The summed E-state index contributed by atoms with van der Waals surface area (Å²) >= 11 is 0. The minimum atomic E-state index is 0.365. The highest BCUT2D eigenvalue weighted by molar-refractivity contribution is 6.16. The van der Waals surface area contributed by atoms with Gasteiger partial charge in [-0.25, -0.2) is 0 Å². The Bertz CT molecular complexity index is 1470. The van der Waals surface area contributed by atoms with Crippen LogP contribution < -0.4 is 0 Å². The summed E-state index contributed by atoms with van der Waals surface area (Å²) in [5, 5.41) is 5.11. The Balaban J connectivity index is 1.48. The molecule has 0 aliphatic heterocycles. The zero-order chi connectivity index (χ0) is 20.7. The molecule has 0 N–H and O–H groups in total. The average molecular weight is 408 g/mol. The Morgan fingerprint density at radius 1 is 0.839 bits per heavy atom. The number of para-hydroxylation sites is 1. The van der Waals surface area contributed by atoms with E-state index in [1.165, 1.54) is 71.1 Å². The van der Waals surface area contributed by atoms with Crippen LogP contribution in [0.5, 0.6) is 0 Å². The third-order valence-electron chi connectivity index (χ3n) is 8.80. The van der Waals surface area contributed by atoms with Crippen LogP contribution in [-0.4, -0.2) is 4.57 Å². The van der Waals surface area contributed by atoms with Gasteiger partial charge in [0.05, 0.1) is 0 Å². The molecule has 2 atom stereocenters. The van der Waals surface area contributed by atoms with Gasteiger partial charge in [-0.1, -0.05) is 44.0 Å². The number of hydrogen-bond donors (Lipinski definition) is 0. The lowest BCUT2D eigenvalue weighted by atomic mass is 9.64. The fourth-order valence-corrected chi connectivity index (χ4v) is 7.22. The molecule has 0 radical (unpaired) electrons. The first-order valence-corrected chi connectivity index (χ1v) is 12.0. The van der Waals surface area contributed by atoms with Gasteiger partial charge in [-0.05, 0) is 78.8 Å². The van der Waals surface area contributed by atoms with Gasteiger partial charge in [0.2, 0.25) is 0 Å². The van der Waals surface area contributed by atoms with Crippen molar-refractivity contribution in [2.45, 2.75) is 50.9 Å². The van der Waals surface area contributed by atoms with E-state index in [1.54, 1.807) is 5.56 Å². The molecular formula is C29H29NO. The summed E-state index contributed by atoms with van der Waals surface area (Å²) in [5.41, 5.74) is 6.51. The van der Waals surface area contributed by atoms with E-state index < -0.39 is 0 Å². The molecular weight excluding hydrogens is 378 g/mol. The van der Waals surface area contributed by atoms with Gasteiger partial charge in [-0.3, -0.25) is 0 Å². The van der Waals surface area contributed by atoms with E-state index in [4.69, 9.17) is 4.42 Å². The van der Waals surface area contributed by atoms with Crippen molar-refractivity contribution in [3.05, 3.63) is 60.2 Å². The van der Waals surface area contributed by atoms with Gasteiger partial charge in [-0.15, -0.1) is 0 Å². The second-order valence-electron chi connectivity index (χ2n) is 10.3. The Kier molecular flexibility index (Phi) is 3.55. The highest BCUT2D eigenvalue weighted by atomic mass is 16.3. The topological polar surface area (TPSA) is 18.1 Å². The van der Waals surface area contributed by atoms with Crippen LogP contribution in [0.25, 0.3) is 43.7 Å². The lowest BCUT2D eigenvalue weighted by Gasteiger charge is -2.41. The number of aryl methyl sites for hydroxylation is 1. The highest BCUT2D eigenvalue weighted by Gasteiger charge is 2.43. The van der Waals surface area contributed by atoms with Crippen LogP contribution >= 0.6 is 0 Å². The van der Waals surface area contributed by atoms with Gasteiger partial charge in [0.1, 0.15) is 11.2 Å². The summed E-state index contributed by atoms with van der Waals surface area (Å²) in [6, 6.07) is 20.3. The van der Waals surface area contributed by atoms with E-state index in [9.17, 15) is 0 Å². The molecule has 2 saturated carbocycles. The van der Waals surface area contributed by atoms with Crippen LogP contribution in [0.15, 0.2) is 59.0 Å². The molecule has 2 nitrogen and oxygen atoms in total. The van der Waals surface area contributed by atoms with Crippen LogP contribution in [-0.2, 0) is 12.5 Å². The number of benzene rings is 3. The summed E-state index contributed by atoms with van der Waals surface area (Å²) in [5.74, 6) is 1.88. The van der Waals surface area contributed by atoms with Crippen molar-refractivity contribution in [3.63, 3.8) is 0 Å². The first-order valence-electron chi connectivity index (χ1n) is 12.0. The molecule has 0 spiro atoms. The normalized spacial score (nSPS) is 26.0. The van der Waals surface area contributed by atoms with Gasteiger partial charge in [0, 0.05) is 39.6 Å². The molecule has 7 rings (SSSR count). The SMILES string of the molecule is CCC1(c2ccc3c(c2)c2cc4oc5ccccc5c4cc2n3C)CC2CCC(C2)C1. The summed E-state index contributed by atoms with van der Waals surface area (Å²) in [7, 11) is 2.20. The van der Waals surface area contributed by atoms with Crippen molar-refractivity contribution in [1.29, 1.82) is 0 Å². The quantitative estimate of drug-likeness (QED) is 0.289. The second-order valence-corrected chi connectivity index (χ2v) is 10.3. The first kappa shape index (κ1) is 17.9. The Morgan fingerprint density at radius 3 is 2.42 bits per heavy atom. The summed E-state index contributed by atoms with van der Waals surface area (Å²) in [4.78, 5) is 0. The molecule has 2 fully saturated rings. The lowest BCUT2D eigenvalue weighted by molar-refractivity contribution is 0.207. The molecule has 2 aliphatic carbocycles. The maximum absolute atomic E-state index is 6.23. The van der Waals surface area contributed by atoms with E-state index in [0.29, 0.717) is 5.41 Å². The number of hydrogen-bond acceptors (Lipinski definition) is 1. The number of fused-ring (bicyclic) bond motifs is 8.